The van der Waals surface area contributed by atoms with Gasteiger partial charge in [-0.25, -0.2) is 0 Å². The molecule has 2 aromatic rings. The molecule has 0 aliphatic rings. The minimum atomic E-state index is -2.86. The van der Waals surface area contributed by atoms with Crippen molar-refractivity contribution in [3.05, 3.63) is 72.2 Å². The van der Waals surface area contributed by atoms with E-state index in [2.05, 4.69) is 0 Å². The van der Waals surface area contributed by atoms with Crippen LogP contribution in [0, 0.1) is 5.41 Å². The van der Waals surface area contributed by atoms with E-state index in [0.29, 0.717) is 5.70 Å². The SMILES string of the molecule is CC(C)(C)C(N)=CP(=O)(c1ccccc1)c1ccccc1. The van der Waals surface area contributed by atoms with Gasteiger partial charge in [-0.15, -0.1) is 0 Å². The molecule has 0 fully saturated rings. The van der Waals surface area contributed by atoms with Gasteiger partial charge in [0.1, 0.15) is 0 Å². The number of benzene rings is 2. The summed E-state index contributed by atoms with van der Waals surface area (Å²) < 4.78 is 13.7. The Bertz CT molecular complexity index is 626. The lowest BCUT2D eigenvalue weighted by Gasteiger charge is -2.23. The van der Waals surface area contributed by atoms with Crippen molar-refractivity contribution in [3.63, 3.8) is 0 Å². The molecule has 3 heteroatoms. The molecule has 0 saturated heterocycles. The Hall–Kier alpha value is -1.79. The number of allylic oxidation sites excluding steroid dienone is 1. The maximum atomic E-state index is 13.7. The fourth-order valence-electron chi connectivity index (χ4n) is 1.99. The summed E-state index contributed by atoms with van der Waals surface area (Å²) in [6.07, 6.45) is 0. The predicted octanol–water partition coefficient (Wildman–Crippen LogP) is 3.85. The minimum Gasteiger partial charge on any atom is -0.401 e. The standard InChI is InChI=1S/C18H22NOP/c1-18(2,3)17(19)14-21(20,15-10-6-4-7-11-15)16-12-8-5-9-13-16/h4-14H,19H2,1-3H3. The first-order valence-corrected chi connectivity index (χ1v) is 8.81. The number of hydrogen-bond donors (Lipinski definition) is 1. The second kappa shape index (κ2) is 5.91. The molecule has 0 spiro atoms. The first-order chi connectivity index (χ1) is 9.84. The summed E-state index contributed by atoms with van der Waals surface area (Å²) >= 11 is 0. The highest BCUT2D eigenvalue weighted by molar-refractivity contribution is 7.81. The fourth-order valence-corrected chi connectivity index (χ4v) is 4.59. The highest BCUT2D eigenvalue weighted by Gasteiger charge is 2.27. The van der Waals surface area contributed by atoms with Gasteiger partial charge in [-0.05, 0) is 0 Å². The van der Waals surface area contributed by atoms with E-state index in [-0.39, 0.29) is 5.41 Å². The van der Waals surface area contributed by atoms with Crippen LogP contribution in [0.15, 0.2) is 72.2 Å². The van der Waals surface area contributed by atoms with E-state index >= 15 is 0 Å². The van der Waals surface area contributed by atoms with Gasteiger partial charge < -0.3 is 10.3 Å². The lowest BCUT2D eigenvalue weighted by Crippen LogP contribution is -2.20. The average Bonchev–Trinajstić information content (AvgIpc) is 2.48. The maximum absolute atomic E-state index is 13.7. The Balaban J connectivity index is 2.65. The Kier molecular flexibility index (Phi) is 4.39. The van der Waals surface area contributed by atoms with Gasteiger partial charge in [0.15, 0.2) is 7.14 Å². The minimum absolute atomic E-state index is 0.209. The molecule has 0 aliphatic carbocycles. The zero-order valence-electron chi connectivity index (χ0n) is 12.8. The molecule has 0 atom stereocenters. The first-order valence-electron chi connectivity index (χ1n) is 7.04. The highest BCUT2D eigenvalue weighted by Crippen LogP contribution is 2.47. The molecule has 0 amide bonds. The largest absolute Gasteiger partial charge is 0.401 e. The van der Waals surface area contributed by atoms with Crippen molar-refractivity contribution < 1.29 is 4.57 Å². The molecule has 0 heterocycles. The molecule has 0 aromatic heterocycles. The van der Waals surface area contributed by atoms with Crippen LogP contribution in [-0.2, 0) is 4.57 Å². The summed E-state index contributed by atoms with van der Waals surface area (Å²) in [7, 11) is -2.86. The van der Waals surface area contributed by atoms with Crippen LogP contribution in [0.5, 0.6) is 0 Å². The zero-order chi connectivity index (χ0) is 15.5. The van der Waals surface area contributed by atoms with Gasteiger partial charge in [0.05, 0.1) is 0 Å². The third-order valence-corrected chi connectivity index (χ3v) is 6.24. The van der Waals surface area contributed by atoms with Crippen molar-refractivity contribution in [2.75, 3.05) is 0 Å². The van der Waals surface area contributed by atoms with Gasteiger partial charge in [0, 0.05) is 27.5 Å². The lowest BCUT2D eigenvalue weighted by molar-refractivity contribution is 0.498. The molecule has 110 valence electrons. The summed E-state index contributed by atoms with van der Waals surface area (Å²) in [6, 6.07) is 19.1. The highest BCUT2D eigenvalue weighted by atomic mass is 31.2. The molecule has 2 aromatic carbocycles. The second-order valence-corrected chi connectivity index (χ2v) is 8.77. The number of rotatable bonds is 3. The van der Waals surface area contributed by atoms with Crippen LogP contribution >= 0.6 is 7.14 Å². The van der Waals surface area contributed by atoms with Gasteiger partial charge in [0.25, 0.3) is 0 Å². The number of nitrogens with two attached hydrogens (primary N) is 1. The van der Waals surface area contributed by atoms with Crippen molar-refractivity contribution in [3.8, 4) is 0 Å². The van der Waals surface area contributed by atoms with E-state index < -0.39 is 7.14 Å². The molecule has 2 nitrogen and oxygen atoms in total. The quantitative estimate of drug-likeness (QED) is 0.875. The van der Waals surface area contributed by atoms with Crippen LogP contribution < -0.4 is 16.3 Å². The Morgan fingerprint density at radius 2 is 1.29 bits per heavy atom. The van der Waals surface area contributed by atoms with Gasteiger partial charge in [-0.3, -0.25) is 0 Å². The van der Waals surface area contributed by atoms with E-state index in [9.17, 15) is 4.57 Å². The fraction of sp³-hybridized carbons (Fsp3) is 0.222. The summed E-state index contributed by atoms with van der Waals surface area (Å²) in [5, 5.41) is 1.62. The Labute approximate surface area is 127 Å². The van der Waals surface area contributed by atoms with E-state index in [1.54, 1.807) is 5.82 Å². The number of hydrogen-bond acceptors (Lipinski definition) is 2. The first kappa shape index (κ1) is 15.6. The topological polar surface area (TPSA) is 43.1 Å². The molecule has 0 bridgehead atoms. The van der Waals surface area contributed by atoms with E-state index in [4.69, 9.17) is 5.73 Å². The second-order valence-electron chi connectivity index (χ2n) is 6.16. The third-order valence-electron chi connectivity index (χ3n) is 3.47. The maximum Gasteiger partial charge on any atom is 0.165 e. The zero-order valence-corrected chi connectivity index (χ0v) is 13.7. The Morgan fingerprint density at radius 3 is 1.62 bits per heavy atom. The summed E-state index contributed by atoms with van der Waals surface area (Å²) in [5.41, 5.74) is 6.64. The summed E-state index contributed by atoms with van der Waals surface area (Å²) in [6.45, 7) is 6.08. The van der Waals surface area contributed by atoms with Gasteiger partial charge >= 0.3 is 0 Å². The van der Waals surface area contributed by atoms with E-state index in [0.717, 1.165) is 10.6 Å². The van der Waals surface area contributed by atoms with Crippen LogP contribution in [0.1, 0.15) is 20.8 Å². The molecule has 0 radical (unpaired) electrons. The predicted molar refractivity (Wildman–Crippen MR) is 91.5 cm³/mol. The van der Waals surface area contributed by atoms with Crippen molar-refractivity contribution in [2.24, 2.45) is 11.1 Å². The van der Waals surface area contributed by atoms with E-state index in [1.807, 2.05) is 81.4 Å². The smallest absolute Gasteiger partial charge is 0.165 e. The molecule has 0 unspecified atom stereocenters. The molecule has 2 rings (SSSR count). The van der Waals surface area contributed by atoms with Crippen LogP contribution in [0.25, 0.3) is 0 Å². The third kappa shape index (κ3) is 3.46. The van der Waals surface area contributed by atoms with Gasteiger partial charge in [-0.1, -0.05) is 81.4 Å². The van der Waals surface area contributed by atoms with Crippen LogP contribution in [-0.4, -0.2) is 0 Å². The van der Waals surface area contributed by atoms with Crippen molar-refractivity contribution in [2.45, 2.75) is 20.8 Å². The van der Waals surface area contributed by atoms with Crippen LogP contribution in [0.4, 0.5) is 0 Å². The van der Waals surface area contributed by atoms with Crippen molar-refractivity contribution in [1.29, 1.82) is 0 Å². The van der Waals surface area contributed by atoms with Gasteiger partial charge in [-0.2, -0.15) is 0 Å². The molecule has 2 N–H and O–H groups in total. The van der Waals surface area contributed by atoms with Crippen molar-refractivity contribution in [1.82, 2.24) is 0 Å². The summed E-state index contributed by atoms with van der Waals surface area (Å²) in [5.74, 6) is 1.76. The molecular formula is C18H22NOP. The molecular weight excluding hydrogens is 277 g/mol. The summed E-state index contributed by atoms with van der Waals surface area (Å²) in [4.78, 5) is 0. The van der Waals surface area contributed by atoms with Crippen LogP contribution in [0.3, 0.4) is 0 Å². The average molecular weight is 299 g/mol. The molecule has 21 heavy (non-hydrogen) atoms. The van der Waals surface area contributed by atoms with Gasteiger partial charge in [0.2, 0.25) is 0 Å². The monoisotopic (exact) mass is 299 g/mol. The van der Waals surface area contributed by atoms with Crippen molar-refractivity contribution >= 4 is 17.8 Å². The van der Waals surface area contributed by atoms with Crippen LogP contribution in [0.2, 0.25) is 0 Å². The molecule has 0 saturated carbocycles. The lowest BCUT2D eigenvalue weighted by atomic mass is 9.94. The normalized spacial score (nSPS) is 13.2. The van der Waals surface area contributed by atoms with E-state index in [1.165, 1.54) is 0 Å². The molecule has 0 aliphatic heterocycles. The Morgan fingerprint density at radius 1 is 0.905 bits per heavy atom.